The highest BCUT2D eigenvalue weighted by molar-refractivity contribution is 9.10. The van der Waals surface area contributed by atoms with Crippen LogP contribution in [-0.2, 0) is 4.79 Å². The summed E-state index contributed by atoms with van der Waals surface area (Å²) in [5.41, 5.74) is 3.52. The van der Waals surface area contributed by atoms with E-state index in [-0.39, 0.29) is 17.5 Å². The number of halogens is 1. The minimum Gasteiger partial charge on any atom is -0.349 e. The SMILES string of the molecule is Cc1nn(-c2ccc(Br)cc2)c(C)c1C=C(C#N)C(=O)NC1CC1. The first-order valence-corrected chi connectivity index (χ1v) is 8.53. The topological polar surface area (TPSA) is 70.7 Å². The highest BCUT2D eigenvalue weighted by Gasteiger charge is 2.25. The second kappa shape index (κ2) is 6.62. The van der Waals surface area contributed by atoms with E-state index in [1.807, 2.05) is 48.9 Å². The maximum atomic E-state index is 12.1. The standard InChI is InChI=1S/C18H17BrN4O/c1-11-17(9-13(10-20)18(24)21-15-5-6-15)12(2)23(22-11)16-7-3-14(19)4-8-16/h3-4,7-9,15H,5-6H2,1-2H3,(H,21,24). The average molecular weight is 385 g/mol. The molecule has 1 fully saturated rings. The zero-order valence-electron chi connectivity index (χ0n) is 13.5. The van der Waals surface area contributed by atoms with Crippen molar-refractivity contribution in [1.82, 2.24) is 15.1 Å². The van der Waals surface area contributed by atoms with Gasteiger partial charge in [0.05, 0.1) is 11.4 Å². The average Bonchev–Trinajstić information content (AvgIpc) is 3.33. The fourth-order valence-electron chi connectivity index (χ4n) is 2.48. The Labute approximate surface area is 149 Å². The summed E-state index contributed by atoms with van der Waals surface area (Å²) in [5, 5.41) is 16.7. The van der Waals surface area contributed by atoms with Crippen LogP contribution in [0.4, 0.5) is 0 Å². The first-order chi connectivity index (χ1) is 11.5. The molecule has 5 nitrogen and oxygen atoms in total. The van der Waals surface area contributed by atoms with E-state index < -0.39 is 0 Å². The quantitative estimate of drug-likeness (QED) is 0.648. The van der Waals surface area contributed by atoms with Gasteiger partial charge in [0.25, 0.3) is 5.91 Å². The van der Waals surface area contributed by atoms with Gasteiger partial charge < -0.3 is 5.32 Å². The van der Waals surface area contributed by atoms with Gasteiger partial charge in [0, 0.05) is 21.8 Å². The molecule has 6 heteroatoms. The molecular weight excluding hydrogens is 368 g/mol. The first-order valence-electron chi connectivity index (χ1n) is 7.74. The Kier molecular flexibility index (Phi) is 4.54. The number of nitrogens with zero attached hydrogens (tertiary/aromatic N) is 3. The van der Waals surface area contributed by atoms with Gasteiger partial charge in [0.15, 0.2) is 0 Å². The third-order valence-electron chi connectivity index (χ3n) is 3.98. The van der Waals surface area contributed by atoms with Crippen LogP contribution in [0, 0.1) is 25.2 Å². The fraction of sp³-hybridized carbons (Fsp3) is 0.278. The number of benzene rings is 1. The molecule has 1 heterocycles. The van der Waals surface area contributed by atoms with Crippen molar-refractivity contribution in [3.63, 3.8) is 0 Å². The van der Waals surface area contributed by atoms with Crippen molar-refractivity contribution >= 4 is 27.9 Å². The van der Waals surface area contributed by atoms with Crippen LogP contribution in [-0.4, -0.2) is 21.7 Å². The van der Waals surface area contributed by atoms with E-state index in [2.05, 4.69) is 26.3 Å². The van der Waals surface area contributed by atoms with Gasteiger partial charge in [-0.3, -0.25) is 4.79 Å². The van der Waals surface area contributed by atoms with E-state index in [0.717, 1.165) is 40.0 Å². The molecule has 0 aliphatic heterocycles. The molecule has 1 aromatic carbocycles. The van der Waals surface area contributed by atoms with E-state index in [0.29, 0.717) is 0 Å². The summed E-state index contributed by atoms with van der Waals surface area (Å²) in [5.74, 6) is -0.310. The Morgan fingerprint density at radius 3 is 2.62 bits per heavy atom. The fourth-order valence-corrected chi connectivity index (χ4v) is 2.75. The third-order valence-corrected chi connectivity index (χ3v) is 4.51. The highest BCUT2D eigenvalue weighted by Crippen LogP contribution is 2.23. The molecule has 0 bridgehead atoms. The number of rotatable bonds is 4. The van der Waals surface area contributed by atoms with Crippen molar-refractivity contribution < 1.29 is 4.79 Å². The van der Waals surface area contributed by atoms with Gasteiger partial charge in [-0.25, -0.2) is 4.68 Å². The maximum Gasteiger partial charge on any atom is 0.262 e. The first kappa shape index (κ1) is 16.5. The number of nitrogens with one attached hydrogen (secondary N) is 1. The number of aryl methyl sites for hydroxylation is 1. The molecule has 24 heavy (non-hydrogen) atoms. The predicted molar refractivity (Wildman–Crippen MR) is 95.5 cm³/mol. The summed E-state index contributed by atoms with van der Waals surface area (Å²) in [6.07, 6.45) is 3.61. The highest BCUT2D eigenvalue weighted by atomic mass is 79.9. The molecule has 0 unspecified atom stereocenters. The van der Waals surface area contributed by atoms with E-state index in [9.17, 15) is 10.1 Å². The number of hydrogen-bond donors (Lipinski definition) is 1. The minimum atomic E-state index is -0.310. The number of carbonyl (C=O) groups excluding carboxylic acids is 1. The van der Waals surface area contributed by atoms with Crippen LogP contribution < -0.4 is 5.32 Å². The van der Waals surface area contributed by atoms with Crippen molar-refractivity contribution in [3.8, 4) is 11.8 Å². The smallest absolute Gasteiger partial charge is 0.262 e. The van der Waals surface area contributed by atoms with Crippen LogP contribution in [0.5, 0.6) is 0 Å². The zero-order valence-corrected chi connectivity index (χ0v) is 15.1. The molecule has 0 spiro atoms. The van der Waals surface area contributed by atoms with Crippen molar-refractivity contribution in [2.75, 3.05) is 0 Å². The number of carbonyl (C=O) groups is 1. The van der Waals surface area contributed by atoms with E-state index >= 15 is 0 Å². The van der Waals surface area contributed by atoms with Crippen LogP contribution in [0.15, 0.2) is 34.3 Å². The molecule has 3 rings (SSSR count). The van der Waals surface area contributed by atoms with Crippen LogP contribution in [0.25, 0.3) is 11.8 Å². The maximum absolute atomic E-state index is 12.1. The lowest BCUT2D eigenvalue weighted by atomic mass is 10.1. The lowest BCUT2D eigenvalue weighted by Crippen LogP contribution is -2.26. The summed E-state index contributed by atoms with van der Waals surface area (Å²) < 4.78 is 2.82. The number of hydrogen-bond acceptors (Lipinski definition) is 3. The molecule has 1 N–H and O–H groups in total. The molecule has 2 aromatic rings. The second-order valence-corrected chi connectivity index (χ2v) is 6.81. The molecule has 1 aromatic heterocycles. The molecule has 0 saturated heterocycles. The van der Waals surface area contributed by atoms with Gasteiger partial charge in [-0.05, 0) is 57.0 Å². The van der Waals surface area contributed by atoms with Crippen LogP contribution in [0.3, 0.4) is 0 Å². The molecule has 0 radical (unpaired) electrons. The molecule has 1 aliphatic rings. The van der Waals surface area contributed by atoms with E-state index in [1.54, 1.807) is 6.08 Å². The summed E-state index contributed by atoms with van der Waals surface area (Å²) >= 11 is 3.42. The number of amides is 1. The van der Waals surface area contributed by atoms with Crippen LogP contribution in [0.1, 0.15) is 29.8 Å². The van der Waals surface area contributed by atoms with Gasteiger partial charge in [-0.15, -0.1) is 0 Å². The summed E-state index contributed by atoms with van der Waals surface area (Å²) in [4.78, 5) is 12.1. The monoisotopic (exact) mass is 384 g/mol. The zero-order chi connectivity index (χ0) is 17.3. The van der Waals surface area contributed by atoms with E-state index in [1.165, 1.54) is 0 Å². The van der Waals surface area contributed by atoms with Gasteiger partial charge in [0.2, 0.25) is 0 Å². The Morgan fingerprint density at radius 2 is 2.04 bits per heavy atom. The largest absolute Gasteiger partial charge is 0.349 e. The molecule has 0 atom stereocenters. The summed E-state index contributed by atoms with van der Waals surface area (Å²) in [6.45, 7) is 3.81. The Morgan fingerprint density at radius 1 is 1.38 bits per heavy atom. The molecule has 1 saturated carbocycles. The molecule has 1 amide bonds. The minimum absolute atomic E-state index is 0.114. The van der Waals surface area contributed by atoms with Crippen LogP contribution in [0.2, 0.25) is 0 Å². The normalized spacial score (nSPS) is 14.3. The Hall–Kier alpha value is -2.39. The van der Waals surface area contributed by atoms with Gasteiger partial charge in [-0.2, -0.15) is 10.4 Å². The van der Waals surface area contributed by atoms with Crippen molar-refractivity contribution in [1.29, 1.82) is 5.26 Å². The second-order valence-electron chi connectivity index (χ2n) is 5.89. The number of nitriles is 1. The van der Waals surface area contributed by atoms with E-state index in [4.69, 9.17) is 0 Å². The summed E-state index contributed by atoms with van der Waals surface area (Å²) in [6, 6.07) is 10.0. The van der Waals surface area contributed by atoms with Crippen molar-refractivity contribution in [3.05, 3.63) is 51.3 Å². The summed E-state index contributed by atoms with van der Waals surface area (Å²) in [7, 11) is 0. The number of aromatic nitrogens is 2. The van der Waals surface area contributed by atoms with Gasteiger partial charge in [0.1, 0.15) is 11.6 Å². The Balaban J connectivity index is 1.96. The van der Waals surface area contributed by atoms with Crippen molar-refractivity contribution in [2.45, 2.75) is 32.7 Å². The van der Waals surface area contributed by atoms with Crippen LogP contribution >= 0.6 is 15.9 Å². The molecule has 122 valence electrons. The predicted octanol–water partition coefficient (Wildman–Crippen LogP) is 3.44. The Bertz CT molecular complexity index is 854. The molecule has 1 aliphatic carbocycles. The van der Waals surface area contributed by atoms with Gasteiger partial charge in [-0.1, -0.05) is 15.9 Å². The molecular formula is C18H17BrN4O. The van der Waals surface area contributed by atoms with Crippen molar-refractivity contribution in [2.24, 2.45) is 0 Å². The lowest BCUT2D eigenvalue weighted by Gasteiger charge is -2.05. The lowest BCUT2D eigenvalue weighted by molar-refractivity contribution is -0.117. The third kappa shape index (κ3) is 3.41. The van der Waals surface area contributed by atoms with Gasteiger partial charge >= 0.3 is 0 Å².